The average Bonchev–Trinajstić information content (AvgIpc) is 1.62. The van der Waals surface area contributed by atoms with Crippen LogP contribution in [0.3, 0.4) is 0 Å². The summed E-state index contributed by atoms with van der Waals surface area (Å²) in [6, 6.07) is 15.6. The van der Waals surface area contributed by atoms with E-state index in [9.17, 15) is 5.11 Å². The van der Waals surface area contributed by atoms with Crippen LogP contribution in [0.15, 0.2) is 0 Å². The van der Waals surface area contributed by atoms with E-state index in [2.05, 4.69) is 395 Å². The molecule has 13 heterocycles. The van der Waals surface area contributed by atoms with Crippen LogP contribution in [0, 0.1) is 70.0 Å². The summed E-state index contributed by atoms with van der Waals surface area (Å²) in [5.74, 6) is 7.93. The zero-order chi connectivity index (χ0) is 103. The Balaban J connectivity index is 0.000000316. The van der Waals surface area contributed by atoms with E-state index < -0.39 is 0 Å². The number of fused-ring (bicyclic) bond motifs is 3. The molecule has 3 N–H and O–H groups in total. The number of piperazine rings is 3. The Labute approximate surface area is 851 Å². The molecule has 19 heteroatoms. The highest BCUT2D eigenvalue weighted by Crippen LogP contribution is 2.42. The van der Waals surface area contributed by atoms with Gasteiger partial charge >= 0.3 is 0 Å². The predicted molar refractivity (Wildman–Crippen MR) is 599 cm³/mol. The summed E-state index contributed by atoms with van der Waals surface area (Å²) in [5, 5.41) is 9.32. The van der Waals surface area contributed by atoms with Crippen molar-refractivity contribution in [3.8, 4) is 0 Å². The van der Waals surface area contributed by atoms with E-state index in [-0.39, 0.29) is 0 Å². The lowest BCUT2D eigenvalue weighted by atomic mass is 9.81. The summed E-state index contributed by atoms with van der Waals surface area (Å²) in [6.07, 6.45) is 12.3. The minimum Gasteiger partial charge on any atom is -0.396 e. The molecule has 0 amide bonds. The van der Waals surface area contributed by atoms with Gasteiger partial charge in [-0.1, -0.05) is 62.3 Å². The summed E-state index contributed by atoms with van der Waals surface area (Å²) in [7, 11) is 4.45. The summed E-state index contributed by atoms with van der Waals surface area (Å²) in [5.41, 5.74) is 7.36. The second-order valence-corrected chi connectivity index (χ2v) is 53.1. The monoisotopic (exact) mass is 1920 g/mol. The predicted octanol–water partition coefficient (Wildman–Crippen LogP) is 20.0. The van der Waals surface area contributed by atoms with Gasteiger partial charge < -0.3 is 45.1 Å². The van der Waals surface area contributed by atoms with Crippen molar-refractivity contribution in [1.82, 2.24) is 83.3 Å². The molecule has 0 saturated carbocycles. The zero-order valence-electron chi connectivity index (χ0n) is 100.0. The average molecular weight is 1920 g/mol. The van der Waals surface area contributed by atoms with Crippen molar-refractivity contribution in [1.29, 1.82) is 0 Å². The fourth-order valence-electron chi connectivity index (χ4n) is 25.5. The second kappa shape index (κ2) is 61.9. The minimum atomic E-state index is 0.362. The second-order valence-electron chi connectivity index (χ2n) is 53.1. The van der Waals surface area contributed by atoms with Gasteiger partial charge in [0.1, 0.15) is 0 Å². The van der Waals surface area contributed by atoms with Crippen LogP contribution in [0.1, 0.15) is 356 Å². The number of aliphatic hydroxyl groups is 1. The Kier molecular flexibility index (Phi) is 58.0. The maximum absolute atomic E-state index is 9.32. The molecule has 0 aromatic carbocycles. The highest BCUT2D eigenvalue weighted by Gasteiger charge is 2.48. The summed E-state index contributed by atoms with van der Waals surface area (Å²) < 4.78 is 0. The van der Waals surface area contributed by atoms with Gasteiger partial charge in [-0.3, -0.25) is 49.0 Å². The number of nitrogens with two attached hydrogens (primary N) is 1. The van der Waals surface area contributed by atoms with Crippen LogP contribution in [0.5, 0.6) is 0 Å². The number of nitrogens with zero attached hydrogens (tertiary/aromatic N) is 17. The molecular weight excluding hydrogens is 1670 g/mol. The van der Waals surface area contributed by atoms with Crippen molar-refractivity contribution in [3.05, 3.63) is 0 Å². The number of likely N-dealkylation sites (N-methyl/N-ethyl adjacent to an activating group) is 1. The number of hydrogen-bond donors (Lipinski definition) is 2. The van der Waals surface area contributed by atoms with Crippen molar-refractivity contribution in [2.24, 2.45) is 75.7 Å². The van der Waals surface area contributed by atoms with Gasteiger partial charge in [-0.2, -0.15) is 0 Å². The Bertz CT molecular complexity index is 2890. The van der Waals surface area contributed by atoms with Crippen LogP contribution < -0.4 is 5.73 Å². The highest BCUT2D eigenvalue weighted by atomic mass is 16.3. The maximum Gasteiger partial charge on any atom is 0.0474 e. The van der Waals surface area contributed by atoms with Gasteiger partial charge in [-0.25, -0.2) is 0 Å². The molecule has 2 bridgehead atoms. The normalized spacial score (nSPS) is 29.5. The molecule has 810 valence electrons. The van der Waals surface area contributed by atoms with Gasteiger partial charge in [-0.05, 0) is 410 Å². The van der Waals surface area contributed by atoms with E-state index in [1.165, 1.54) is 228 Å². The van der Waals surface area contributed by atoms with Crippen molar-refractivity contribution >= 4 is 0 Å². The first kappa shape index (κ1) is 128. The van der Waals surface area contributed by atoms with E-state index in [1.807, 2.05) is 0 Å². The van der Waals surface area contributed by atoms with E-state index >= 15 is 0 Å². The minimum absolute atomic E-state index is 0.362. The lowest BCUT2D eigenvalue weighted by Crippen LogP contribution is -2.60. The first-order chi connectivity index (χ1) is 63.2. The van der Waals surface area contributed by atoms with Crippen LogP contribution >= 0.6 is 0 Å². The summed E-state index contributed by atoms with van der Waals surface area (Å²) >= 11 is 0. The molecule has 13 fully saturated rings. The van der Waals surface area contributed by atoms with Crippen molar-refractivity contribution in [3.63, 3.8) is 0 Å². The third kappa shape index (κ3) is 42.8. The van der Waals surface area contributed by atoms with E-state index in [0.29, 0.717) is 89.7 Å². The van der Waals surface area contributed by atoms with Gasteiger partial charge in [0, 0.05) is 290 Å². The number of hydrogen-bond acceptors (Lipinski definition) is 19. The first-order valence-electron chi connectivity index (χ1n) is 58.2. The molecule has 0 aromatic rings. The number of likely N-dealkylation sites (tertiary alicyclic amines) is 10. The van der Waals surface area contributed by atoms with Gasteiger partial charge in [0.25, 0.3) is 0 Å². The zero-order valence-corrected chi connectivity index (χ0v) is 100.0. The molecule has 136 heavy (non-hydrogen) atoms. The smallest absolute Gasteiger partial charge is 0.0474 e. The van der Waals surface area contributed by atoms with Gasteiger partial charge in [0.05, 0.1) is 0 Å². The van der Waals surface area contributed by atoms with E-state index in [4.69, 9.17) is 5.73 Å². The van der Waals surface area contributed by atoms with Crippen LogP contribution in [0.25, 0.3) is 0 Å². The maximum atomic E-state index is 9.32. The molecule has 11 unspecified atom stereocenters. The SMILES string of the molecule is CC(C)CC1(C)CCN(C(C)C)C1.CC(C)CC1CN(C(C)C)CC1CO.CC(C)CC1CN(C(C)C)CC1N.CC(C)CC1CN(C(C)C)CC1N(C)C.CC(C)N1CC2CC1CN2C(C)C.CC(C)N1CC2CN(C(C)C)CC2C1.CC(C)N1CCC2(CCN(C(C)C)C2)C1.CC(C)N1CCCN(C(C)C)CC1.CC(C)N1CCN(C(C)C)C(C)C1C.CC(C)N1CCN(C(C)C)CC1. The first-order valence-corrected chi connectivity index (χ1v) is 58.2. The number of rotatable bonds is 26. The van der Waals surface area contributed by atoms with Gasteiger partial charge in [0.15, 0.2) is 0 Å². The Morgan fingerprint density at radius 1 is 0.279 bits per heavy atom. The molecule has 13 aliphatic heterocycles. The van der Waals surface area contributed by atoms with Crippen molar-refractivity contribution < 1.29 is 5.11 Å². The summed E-state index contributed by atoms with van der Waals surface area (Å²) in [6.45, 7) is 135. The lowest BCUT2D eigenvalue weighted by molar-refractivity contribution is 0.00129. The third-order valence-corrected chi connectivity index (χ3v) is 34.8. The topological polar surface area (TPSA) is 101 Å². The molecule has 1 spiro atoms. The van der Waals surface area contributed by atoms with Crippen molar-refractivity contribution in [2.75, 3.05) is 204 Å². The Morgan fingerprint density at radius 3 is 0.860 bits per heavy atom. The lowest BCUT2D eigenvalue weighted by Gasteiger charge is -2.48. The third-order valence-electron chi connectivity index (χ3n) is 34.8. The van der Waals surface area contributed by atoms with Crippen molar-refractivity contribution in [2.45, 2.75) is 488 Å². The molecule has 13 saturated heterocycles. The van der Waals surface area contributed by atoms with Gasteiger partial charge in [-0.15, -0.1) is 0 Å². The molecule has 13 rings (SSSR count). The molecule has 19 nitrogen and oxygen atoms in total. The standard InChI is InChI=1S/C13H26N2.C13H28N2.C12H24N2.C12H26N2.C12H25NO.C12H25N.C11H22N2.2C11H24N2.C10H22N2/c1-11(2)14-7-5-13(9-14)6-8-15(10-13)12(3)4;1-10(2)7-12-8-15(11(3)4)9-13(12)14(5)6;1-9(2)13-5-11-7-14(10(3)4)8-12(11)6-13;1-9(2)13-7-8-14(10(3)4)12(6)11(13)5;1-9(2)5-11-6-13(10(3)4)7-12(11)8-14;1-10(2)8-12(5)6-7-13(9-12)11(3)4;1-8(2)12-6-11-5-10(12)7-13(11)9(3)4;1-8(2)5-10-6-13(9(3)4)7-11(10)12;1-10(2)12-6-5-7-13(9-8-12)11(3)4;1-9(2)11-5-7-12(8-6-11)10(3)4/h11-12H,5-10H2,1-4H3;10-13H,7-9H2,1-6H3;9-12H,5-8H2,1-4H3;9-12H,7-8H2,1-6H3;9-12,14H,5-8H2,1-4H3;10-11H,6-9H2,1-5H3;8-11H,5-7H2,1-4H3;8-11H,5-7,12H2,1-4H3;10-11H,5-9H2,1-4H3;9-10H,5-8H2,1-4H3. The molecule has 0 aliphatic carbocycles. The summed E-state index contributed by atoms with van der Waals surface area (Å²) in [4.78, 5) is 44.1. The van der Waals surface area contributed by atoms with Crippen LogP contribution in [-0.2, 0) is 0 Å². The fourth-order valence-corrected chi connectivity index (χ4v) is 25.5. The van der Waals surface area contributed by atoms with E-state index in [1.54, 1.807) is 0 Å². The largest absolute Gasteiger partial charge is 0.396 e. The van der Waals surface area contributed by atoms with Crippen LogP contribution in [0.4, 0.5) is 0 Å². The molecule has 11 atom stereocenters. The molecule has 0 radical (unpaired) electrons. The van der Waals surface area contributed by atoms with Gasteiger partial charge in [0.2, 0.25) is 0 Å². The van der Waals surface area contributed by atoms with E-state index in [0.717, 1.165) is 133 Å². The molecule has 13 aliphatic rings. The quantitative estimate of drug-likeness (QED) is 0.0858. The van der Waals surface area contributed by atoms with Crippen LogP contribution in [-0.4, -0.2) is 425 Å². The Morgan fingerprint density at radius 2 is 0.566 bits per heavy atom. The van der Waals surface area contributed by atoms with Crippen LogP contribution in [0.2, 0.25) is 0 Å². The molecular formula is C117H246N18O. The fraction of sp³-hybridized carbons (Fsp3) is 1.00. The molecule has 0 aromatic heterocycles. The number of aliphatic hydroxyl groups excluding tert-OH is 1. The Hall–Kier alpha value is -0.760. The highest BCUT2D eigenvalue weighted by molar-refractivity contribution is 5.03.